The van der Waals surface area contributed by atoms with Crippen LogP contribution in [0.2, 0.25) is 0 Å². The van der Waals surface area contributed by atoms with Crippen LogP contribution in [-0.2, 0) is 0 Å². The Morgan fingerprint density at radius 1 is 0.600 bits per heavy atom. The number of amides is 2. The lowest BCUT2D eigenvalue weighted by Gasteiger charge is -2.09. The van der Waals surface area contributed by atoms with Crippen molar-refractivity contribution in [3.05, 3.63) is 119 Å². The van der Waals surface area contributed by atoms with Crippen LogP contribution in [0.15, 0.2) is 97.1 Å². The number of carbonyl (C=O) groups is 2. The lowest BCUT2D eigenvalue weighted by atomic mass is 10.1. The number of nitrogens with one attached hydrogen (secondary N) is 2. The maximum atomic E-state index is 12.5. The van der Waals surface area contributed by atoms with Gasteiger partial charge in [-0.3, -0.25) is 9.59 Å². The molecule has 0 saturated heterocycles. The van der Waals surface area contributed by atoms with Gasteiger partial charge in [-0.15, -0.1) is 12.8 Å². The lowest BCUT2D eigenvalue weighted by Crippen LogP contribution is -2.12. The lowest BCUT2D eigenvalue weighted by molar-refractivity contribution is 0.101. The number of terminal acetylenes is 2. The molecule has 4 rings (SSSR count). The molecule has 2 amide bonds. The minimum absolute atomic E-state index is 0.256. The minimum atomic E-state index is -0.256. The van der Waals surface area contributed by atoms with Gasteiger partial charge in [-0.1, -0.05) is 24.0 Å². The summed E-state index contributed by atoms with van der Waals surface area (Å²) in [5, 5.41) is 5.64. The van der Waals surface area contributed by atoms with Gasteiger partial charge in [-0.05, 0) is 84.9 Å². The Morgan fingerprint density at radius 3 is 1.37 bits per heavy atom. The average Bonchev–Trinajstić information content (AvgIpc) is 2.89. The summed E-state index contributed by atoms with van der Waals surface area (Å²) in [4.78, 5) is 25.0. The summed E-state index contributed by atoms with van der Waals surface area (Å²) in [6.07, 6.45) is 10.8. The van der Waals surface area contributed by atoms with Crippen molar-refractivity contribution >= 4 is 23.2 Å². The highest BCUT2D eigenvalue weighted by atomic mass is 16.5. The molecule has 0 spiro atoms. The largest absolute Gasteiger partial charge is 0.457 e. The predicted molar refractivity (Wildman–Crippen MR) is 138 cm³/mol. The van der Waals surface area contributed by atoms with E-state index in [1.807, 2.05) is 0 Å². The van der Waals surface area contributed by atoms with Gasteiger partial charge >= 0.3 is 0 Å². The van der Waals surface area contributed by atoms with Gasteiger partial charge in [0, 0.05) is 33.6 Å². The molecule has 0 heterocycles. The van der Waals surface area contributed by atoms with Crippen LogP contribution >= 0.6 is 0 Å². The molecule has 0 aliphatic rings. The summed E-state index contributed by atoms with van der Waals surface area (Å²) in [7, 11) is 0. The van der Waals surface area contributed by atoms with E-state index >= 15 is 0 Å². The van der Waals surface area contributed by atoms with E-state index < -0.39 is 0 Å². The van der Waals surface area contributed by atoms with Gasteiger partial charge < -0.3 is 15.4 Å². The van der Waals surface area contributed by atoms with Crippen LogP contribution in [0.1, 0.15) is 31.8 Å². The zero-order valence-electron chi connectivity index (χ0n) is 18.6. The van der Waals surface area contributed by atoms with Crippen molar-refractivity contribution in [1.29, 1.82) is 0 Å². The van der Waals surface area contributed by atoms with Crippen molar-refractivity contribution in [3.63, 3.8) is 0 Å². The smallest absolute Gasteiger partial charge is 0.255 e. The molecular weight excluding hydrogens is 436 g/mol. The van der Waals surface area contributed by atoms with Crippen LogP contribution in [0.5, 0.6) is 11.5 Å². The fraction of sp³-hybridized carbons (Fsp3) is 0. The molecule has 5 heteroatoms. The molecule has 4 aromatic carbocycles. The van der Waals surface area contributed by atoms with Gasteiger partial charge in [0.15, 0.2) is 0 Å². The molecule has 35 heavy (non-hydrogen) atoms. The first-order chi connectivity index (χ1) is 17.0. The van der Waals surface area contributed by atoms with Crippen LogP contribution in [0.25, 0.3) is 0 Å². The third-order valence-corrected chi connectivity index (χ3v) is 5.04. The van der Waals surface area contributed by atoms with Crippen LogP contribution in [-0.4, -0.2) is 11.8 Å². The summed E-state index contributed by atoms with van der Waals surface area (Å²) in [6, 6.07) is 27.6. The maximum Gasteiger partial charge on any atom is 0.255 e. The summed E-state index contributed by atoms with van der Waals surface area (Å²) >= 11 is 0. The van der Waals surface area contributed by atoms with Gasteiger partial charge in [-0.25, -0.2) is 0 Å². The Bertz CT molecular complexity index is 1340. The van der Waals surface area contributed by atoms with Gasteiger partial charge in [0.1, 0.15) is 11.5 Å². The molecule has 0 saturated carbocycles. The molecule has 0 atom stereocenters. The molecule has 168 valence electrons. The Labute approximate surface area is 203 Å². The van der Waals surface area contributed by atoms with Gasteiger partial charge in [0.2, 0.25) is 0 Å². The third-order valence-electron chi connectivity index (χ3n) is 5.04. The highest BCUT2D eigenvalue weighted by molar-refractivity contribution is 6.05. The van der Waals surface area contributed by atoms with Crippen LogP contribution in [0, 0.1) is 24.7 Å². The number of benzene rings is 4. The van der Waals surface area contributed by atoms with E-state index in [0.717, 1.165) is 0 Å². The Morgan fingerprint density at radius 2 is 1.00 bits per heavy atom. The summed E-state index contributed by atoms with van der Waals surface area (Å²) < 4.78 is 5.84. The van der Waals surface area contributed by atoms with E-state index in [1.165, 1.54) is 0 Å². The SMILES string of the molecule is C#Cc1cccc(NC(=O)c2ccc(Oc3ccc(C(=O)Nc4cccc(C#C)c4)cc3)cc2)c1. The highest BCUT2D eigenvalue weighted by Crippen LogP contribution is 2.23. The number of hydrogen-bond donors (Lipinski definition) is 2. The number of carbonyl (C=O) groups excluding carboxylic acids is 2. The first-order valence-electron chi connectivity index (χ1n) is 10.7. The second kappa shape index (κ2) is 10.6. The van der Waals surface area contributed by atoms with Crippen LogP contribution < -0.4 is 15.4 Å². The van der Waals surface area contributed by atoms with E-state index in [2.05, 4.69) is 22.5 Å². The second-order valence-corrected chi connectivity index (χ2v) is 7.51. The fourth-order valence-electron chi connectivity index (χ4n) is 3.26. The van der Waals surface area contributed by atoms with Crippen molar-refractivity contribution < 1.29 is 14.3 Å². The highest BCUT2D eigenvalue weighted by Gasteiger charge is 2.09. The monoisotopic (exact) mass is 456 g/mol. The summed E-state index contributed by atoms with van der Waals surface area (Å²) in [5.74, 6) is 5.68. The van der Waals surface area contributed by atoms with Gasteiger partial charge in [-0.2, -0.15) is 0 Å². The number of hydrogen-bond acceptors (Lipinski definition) is 3. The van der Waals surface area contributed by atoms with Crippen molar-refractivity contribution in [2.75, 3.05) is 10.6 Å². The molecule has 0 aliphatic carbocycles. The standard InChI is InChI=1S/C30H20N2O3/c1-3-21-7-5-9-25(19-21)31-29(33)23-11-15-27(16-12-23)35-28-17-13-24(14-18-28)30(34)32-26-10-6-8-22(4-2)20-26/h1-2,5-20H,(H,31,33)(H,32,34). The van der Waals surface area contributed by atoms with Crippen molar-refractivity contribution in [2.24, 2.45) is 0 Å². The second-order valence-electron chi connectivity index (χ2n) is 7.51. The number of ether oxygens (including phenoxy) is 1. The third kappa shape index (κ3) is 5.96. The molecular formula is C30H20N2O3. The molecule has 0 aromatic heterocycles. The average molecular weight is 457 g/mol. The van der Waals surface area contributed by atoms with Crippen LogP contribution in [0.3, 0.4) is 0 Å². The topological polar surface area (TPSA) is 67.4 Å². The Balaban J connectivity index is 1.36. The number of rotatable bonds is 6. The zero-order chi connectivity index (χ0) is 24.6. The zero-order valence-corrected chi connectivity index (χ0v) is 18.6. The summed E-state index contributed by atoms with van der Waals surface area (Å²) in [5.41, 5.74) is 3.58. The van der Waals surface area contributed by atoms with E-state index in [0.29, 0.717) is 45.1 Å². The molecule has 4 aromatic rings. The van der Waals surface area contributed by atoms with Gasteiger partial charge in [0.25, 0.3) is 11.8 Å². The normalized spacial score (nSPS) is 9.89. The quantitative estimate of drug-likeness (QED) is 0.353. The number of anilines is 2. The van der Waals surface area contributed by atoms with Crippen molar-refractivity contribution in [2.45, 2.75) is 0 Å². The van der Waals surface area contributed by atoms with E-state index in [4.69, 9.17) is 17.6 Å². The molecule has 0 bridgehead atoms. The molecule has 0 fully saturated rings. The Hall–Kier alpha value is -5.26. The van der Waals surface area contributed by atoms with Gasteiger partial charge in [0.05, 0.1) is 0 Å². The summed E-state index contributed by atoms with van der Waals surface area (Å²) in [6.45, 7) is 0. The van der Waals surface area contributed by atoms with Crippen molar-refractivity contribution in [3.8, 4) is 36.2 Å². The van der Waals surface area contributed by atoms with Crippen molar-refractivity contribution in [1.82, 2.24) is 0 Å². The van der Waals surface area contributed by atoms with E-state index in [1.54, 1.807) is 97.1 Å². The Kier molecular flexibility index (Phi) is 6.92. The molecule has 0 unspecified atom stereocenters. The van der Waals surface area contributed by atoms with Crippen LogP contribution in [0.4, 0.5) is 11.4 Å². The molecule has 0 radical (unpaired) electrons. The fourth-order valence-corrected chi connectivity index (χ4v) is 3.26. The molecule has 5 nitrogen and oxygen atoms in total. The molecule has 0 aliphatic heterocycles. The molecule has 2 N–H and O–H groups in total. The van der Waals surface area contributed by atoms with E-state index in [9.17, 15) is 9.59 Å². The predicted octanol–water partition coefficient (Wildman–Crippen LogP) is 5.95. The first-order valence-corrected chi connectivity index (χ1v) is 10.7. The van der Waals surface area contributed by atoms with E-state index in [-0.39, 0.29) is 11.8 Å². The first kappa shape index (κ1) is 22.9. The maximum absolute atomic E-state index is 12.5. The minimum Gasteiger partial charge on any atom is -0.457 e.